The van der Waals surface area contributed by atoms with Gasteiger partial charge in [-0.1, -0.05) is 6.07 Å². The van der Waals surface area contributed by atoms with Crippen LogP contribution in [0.3, 0.4) is 0 Å². The van der Waals surface area contributed by atoms with E-state index in [4.69, 9.17) is 43.5 Å². The first kappa shape index (κ1) is 29.3. The van der Waals surface area contributed by atoms with Gasteiger partial charge in [0.2, 0.25) is 11.5 Å². The highest BCUT2D eigenvalue weighted by Gasteiger charge is 2.22. The van der Waals surface area contributed by atoms with Crippen molar-refractivity contribution in [3.63, 3.8) is 0 Å². The largest absolute Gasteiger partial charge is 0.502 e. The molecule has 0 spiro atoms. The molecule has 12 nitrogen and oxygen atoms in total. The van der Waals surface area contributed by atoms with E-state index in [2.05, 4.69) is 9.80 Å². The Balaban J connectivity index is 0.000000717. The number of carbonyl (C=O) groups is 2. The summed E-state index contributed by atoms with van der Waals surface area (Å²) in [6.07, 6.45) is 0. The molecule has 1 aliphatic heterocycles. The van der Waals surface area contributed by atoms with Crippen molar-refractivity contribution in [1.82, 2.24) is 9.80 Å². The Kier molecular flexibility index (Phi) is 11.1. The van der Waals surface area contributed by atoms with Crippen LogP contribution >= 0.6 is 0 Å². The number of aliphatic carboxylic acids is 2. The topological polar surface area (TPSA) is 147 Å². The van der Waals surface area contributed by atoms with Crippen LogP contribution in [0, 0.1) is 0 Å². The van der Waals surface area contributed by atoms with Crippen molar-refractivity contribution < 1.29 is 48.6 Å². The zero-order chi connectivity index (χ0) is 27.5. The number of methoxy groups -OCH3 is 5. The lowest BCUT2D eigenvalue weighted by Crippen LogP contribution is -2.45. The quantitative estimate of drug-likeness (QED) is 0.413. The first-order valence-corrected chi connectivity index (χ1v) is 11.3. The van der Waals surface area contributed by atoms with Crippen LogP contribution in [0.15, 0.2) is 24.3 Å². The second-order valence-electron chi connectivity index (χ2n) is 8.00. The molecule has 12 heteroatoms. The molecular formula is C25H34N2O10. The molecule has 3 rings (SSSR count). The molecule has 1 heterocycles. The average Bonchev–Trinajstić information content (AvgIpc) is 2.90. The minimum absolute atomic E-state index is 0.0300. The molecule has 0 bridgehead atoms. The summed E-state index contributed by atoms with van der Waals surface area (Å²) in [6.45, 7) is 5.27. The maximum Gasteiger partial charge on any atom is 0.414 e. The van der Waals surface area contributed by atoms with Crippen LogP contribution in [0.5, 0.6) is 34.5 Å². The zero-order valence-corrected chi connectivity index (χ0v) is 21.6. The van der Waals surface area contributed by atoms with Crippen LogP contribution in [0.25, 0.3) is 0 Å². The lowest BCUT2D eigenvalue weighted by Gasteiger charge is -2.35. The summed E-state index contributed by atoms with van der Waals surface area (Å²) < 4.78 is 27.0. The van der Waals surface area contributed by atoms with Crippen LogP contribution in [-0.4, -0.2) is 98.8 Å². The number of hydrogen-bond donors (Lipinski definition) is 3. The van der Waals surface area contributed by atoms with Gasteiger partial charge < -0.3 is 39.0 Å². The van der Waals surface area contributed by atoms with E-state index in [1.54, 1.807) is 35.5 Å². The molecule has 1 fully saturated rings. The van der Waals surface area contributed by atoms with Crippen molar-refractivity contribution in [3.05, 3.63) is 35.4 Å². The molecular weight excluding hydrogens is 488 g/mol. The van der Waals surface area contributed by atoms with Gasteiger partial charge in [-0.25, -0.2) is 9.59 Å². The number of phenolic OH excluding ortho intramolecular Hbond substituents is 1. The number of piperazine rings is 1. The van der Waals surface area contributed by atoms with Crippen molar-refractivity contribution >= 4 is 11.9 Å². The minimum atomic E-state index is -1.82. The lowest BCUT2D eigenvalue weighted by atomic mass is 10.1. The summed E-state index contributed by atoms with van der Waals surface area (Å²) >= 11 is 0. The highest BCUT2D eigenvalue weighted by Crippen LogP contribution is 2.40. The van der Waals surface area contributed by atoms with Gasteiger partial charge in [-0.15, -0.1) is 0 Å². The summed E-state index contributed by atoms with van der Waals surface area (Å²) in [7, 11) is 7.98. The standard InChI is InChI=1S/C23H32N2O6.C2H2O4/c1-27-18-7-6-17(22(30-4)23(18)31-5)15-25-10-8-24(9-11-25)14-16-12-19(28-2)21(26)20(13-16)29-3;3-1(4)2(5)6/h6-7,12-13,26H,8-11,14-15H2,1-5H3;(H,3,4)(H,5,6). The number of nitrogens with zero attached hydrogens (tertiary/aromatic N) is 2. The predicted octanol–water partition coefficient (Wildman–Crippen LogP) is 1.91. The van der Waals surface area contributed by atoms with Gasteiger partial charge in [0.1, 0.15) is 0 Å². The van der Waals surface area contributed by atoms with Crippen LogP contribution in [0.2, 0.25) is 0 Å². The van der Waals surface area contributed by atoms with Gasteiger partial charge in [0.25, 0.3) is 0 Å². The first-order chi connectivity index (χ1) is 17.7. The molecule has 0 atom stereocenters. The maximum atomic E-state index is 10.1. The van der Waals surface area contributed by atoms with E-state index in [0.29, 0.717) is 28.7 Å². The SMILES string of the molecule is COc1cc(CN2CCN(Cc3ccc(OC)c(OC)c3OC)CC2)cc(OC)c1O.O=C(O)C(=O)O. The van der Waals surface area contributed by atoms with Crippen molar-refractivity contribution in [2.45, 2.75) is 13.1 Å². The summed E-state index contributed by atoms with van der Waals surface area (Å²) in [4.78, 5) is 23.0. The summed E-state index contributed by atoms with van der Waals surface area (Å²) in [5, 5.41) is 24.9. The molecule has 0 aliphatic carbocycles. The van der Waals surface area contributed by atoms with Crippen LogP contribution in [0.4, 0.5) is 0 Å². The highest BCUT2D eigenvalue weighted by atomic mass is 16.5. The van der Waals surface area contributed by atoms with Gasteiger partial charge in [-0.05, 0) is 23.8 Å². The molecule has 1 aliphatic rings. The summed E-state index contributed by atoms with van der Waals surface area (Å²) in [5.41, 5.74) is 2.11. The molecule has 0 radical (unpaired) electrons. The van der Waals surface area contributed by atoms with Crippen molar-refractivity contribution in [1.29, 1.82) is 0 Å². The highest BCUT2D eigenvalue weighted by molar-refractivity contribution is 6.27. The second kappa shape index (κ2) is 14.0. The van der Waals surface area contributed by atoms with Crippen molar-refractivity contribution in [3.8, 4) is 34.5 Å². The van der Waals surface area contributed by atoms with Crippen molar-refractivity contribution in [2.24, 2.45) is 0 Å². The number of hydrogen-bond acceptors (Lipinski definition) is 10. The Hall–Kier alpha value is -3.90. The van der Waals surface area contributed by atoms with Crippen molar-refractivity contribution in [2.75, 3.05) is 61.7 Å². The molecule has 0 amide bonds. The van der Waals surface area contributed by atoms with Gasteiger partial charge in [0.15, 0.2) is 23.0 Å². The van der Waals surface area contributed by atoms with Gasteiger partial charge in [0, 0.05) is 44.8 Å². The third-order valence-corrected chi connectivity index (χ3v) is 5.77. The molecule has 204 valence electrons. The van der Waals surface area contributed by atoms with E-state index >= 15 is 0 Å². The lowest BCUT2D eigenvalue weighted by molar-refractivity contribution is -0.159. The zero-order valence-electron chi connectivity index (χ0n) is 21.6. The Bertz CT molecular complexity index is 1030. The smallest absolute Gasteiger partial charge is 0.414 e. The van der Waals surface area contributed by atoms with E-state index < -0.39 is 11.9 Å². The first-order valence-electron chi connectivity index (χ1n) is 11.3. The Morgan fingerprint density at radius 2 is 1.16 bits per heavy atom. The maximum absolute atomic E-state index is 10.1. The number of ether oxygens (including phenoxy) is 5. The minimum Gasteiger partial charge on any atom is -0.502 e. The Labute approximate surface area is 215 Å². The van der Waals surface area contributed by atoms with E-state index in [1.807, 2.05) is 24.3 Å². The number of carboxylic acid groups (broad SMARTS) is 2. The van der Waals surface area contributed by atoms with Gasteiger partial charge in [-0.2, -0.15) is 0 Å². The summed E-state index contributed by atoms with van der Waals surface area (Å²) in [5.74, 6) is -0.772. The number of aromatic hydroxyl groups is 1. The number of benzene rings is 2. The van der Waals surface area contributed by atoms with Gasteiger partial charge >= 0.3 is 11.9 Å². The average molecular weight is 523 g/mol. The molecule has 2 aromatic carbocycles. The fraction of sp³-hybridized carbons (Fsp3) is 0.440. The number of phenols is 1. The molecule has 3 N–H and O–H groups in total. The summed E-state index contributed by atoms with van der Waals surface area (Å²) in [6, 6.07) is 7.66. The van der Waals surface area contributed by atoms with Crippen LogP contribution in [0.1, 0.15) is 11.1 Å². The Morgan fingerprint density at radius 3 is 1.57 bits per heavy atom. The molecule has 0 unspecified atom stereocenters. The van der Waals surface area contributed by atoms with Gasteiger partial charge in [-0.3, -0.25) is 9.80 Å². The van der Waals surface area contributed by atoms with E-state index in [0.717, 1.165) is 50.4 Å². The van der Waals surface area contributed by atoms with E-state index in [9.17, 15) is 5.11 Å². The van der Waals surface area contributed by atoms with E-state index in [-0.39, 0.29) is 5.75 Å². The fourth-order valence-electron chi connectivity index (χ4n) is 3.93. The second-order valence-corrected chi connectivity index (χ2v) is 8.00. The third-order valence-electron chi connectivity index (χ3n) is 5.77. The molecule has 2 aromatic rings. The molecule has 0 saturated carbocycles. The normalized spacial score (nSPS) is 13.6. The van der Waals surface area contributed by atoms with Gasteiger partial charge in [0.05, 0.1) is 35.5 Å². The fourth-order valence-corrected chi connectivity index (χ4v) is 3.93. The monoisotopic (exact) mass is 522 g/mol. The molecule has 1 saturated heterocycles. The third kappa shape index (κ3) is 7.79. The van der Waals surface area contributed by atoms with Crippen LogP contribution < -0.4 is 23.7 Å². The predicted molar refractivity (Wildman–Crippen MR) is 133 cm³/mol. The van der Waals surface area contributed by atoms with E-state index in [1.165, 1.54) is 0 Å². The van der Waals surface area contributed by atoms with Crippen LogP contribution in [-0.2, 0) is 22.7 Å². The molecule has 37 heavy (non-hydrogen) atoms. The number of rotatable bonds is 9. The Morgan fingerprint density at radius 1 is 0.703 bits per heavy atom. The number of carboxylic acids is 2. The molecule has 0 aromatic heterocycles.